The molecule has 1 aromatic carbocycles. The molecule has 11 nitrogen and oxygen atoms in total. The summed E-state index contributed by atoms with van der Waals surface area (Å²) in [6.45, 7) is 4.67. The molecule has 0 aliphatic rings. The fourth-order valence-electron chi connectivity index (χ4n) is 3.09. The van der Waals surface area contributed by atoms with Gasteiger partial charge < -0.3 is 30.4 Å². The highest BCUT2D eigenvalue weighted by Gasteiger charge is 2.26. The zero-order chi connectivity index (χ0) is 25.1. The van der Waals surface area contributed by atoms with E-state index in [1.54, 1.807) is 19.9 Å². The van der Waals surface area contributed by atoms with Gasteiger partial charge in [0.2, 0.25) is 11.8 Å². The lowest BCUT2D eigenvalue weighted by atomic mass is 10.1. The number of fused-ring (bicyclic) bond motifs is 1. The second-order valence-electron chi connectivity index (χ2n) is 7.40. The number of aromatic nitrogens is 1. The Morgan fingerprint density at radius 1 is 1.00 bits per heavy atom. The van der Waals surface area contributed by atoms with Crippen molar-refractivity contribution in [3.8, 4) is 0 Å². The SMILES string of the molecule is CCOC(=O)CC[C@@H](NC(=O)[C@H](C)NC(=O)CNC(=O)c1cc2ccccc2[nH]1)C(=O)OCC. The van der Waals surface area contributed by atoms with Gasteiger partial charge >= 0.3 is 11.9 Å². The molecule has 0 saturated heterocycles. The Morgan fingerprint density at radius 3 is 2.38 bits per heavy atom. The number of rotatable bonds is 12. The summed E-state index contributed by atoms with van der Waals surface area (Å²) in [6, 6.07) is 6.96. The van der Waals surface area contributed by atoms with E-state index >= 15 is 0 Å². The summed E-state index contributed by atoms with van der Waals surface area (Å²) in [7, 11) is 0. The quantitative estimate of drug-likeness (QED) is 0.332. The van der Waals surface area contributed by atoms with Gasteiger partial charge in [0, 0.05) is 17.3 Å². The molecule has 11 heteroatoms. The van der Waals surface area contributed by atoms with Crippen LogP contribution in [0.2, 0.25) is 0 Å². The molecule has 3 amide bonds. The molecule has 184 valence electrons. The number of ether oxygens (including phenoxy) is 2. The first-order valence-corrected chi connectivity index (χ1v) is 11.0. The van der Waals surface area contributed by atoms with Gasteiger partial charge in [-0.3, -0.25) is 19.2 Å². The van der Waals surface area contributed by atoms with Gasteiger partial charge in [0.25, 0.3) is 5.91 Å². The van der Waals surface area contributed by atoms with Crippen molar-refractivity contribution in [1.29, 1.82) is 0 Å². The molecule has 0 aliphatic heterocycles. The molecule has 0 aliphatic carbocycles. The number of H-pyrrole nitrogens is 1. The topological polar surface area (TPSA) is 156 Å². The van der Waals surface area contributed by atoms with Crippen LogP contribution in [-0.2, 0) is 28.7 Å². The van der Waals surface area contributed by atoms with Crippen molar-refractivity contribution in [1.82, 2.24) is 20.9 Å². The van der Waals surface area contributed by atoms with Gasteiger partial charge in [-0.1, -0.05) is 18.2 Å². The summed E-state index contributed by atoms with van der Waals surface area (Å²) in [6.07, 6.45) is -0.0945. The number of para-hydroxylation sites is 1. The molecule has 4 N–H and O–H groups in total. The van der Waals surface area contributed by atoms with Crippen LogP contribution in [0, 0.1) is 0 Å². The van der Waals surface area contributed by atoms with Gasteiger partial charge in [-0.05, 0) is 39.3 Å². The molecule has 0 spiro atoms. The Bertz CT molecular complexity index is 1000. The largest absolute Gasteiger partial charge is 0.466 e. The van der Waals surface area contributed by atoms with Crippen LogP contribution < -0.4 is 16.0 Å². The minimum absolute atomic E-state index is 0.00929. The monoisotopic (exact) mass is 474 g/mol. The number of carbonyl (C=O) groups excluding carboxylic acids is 5. The molecule has 0 radical (unpaired) electrons. The van der Waals surface area contributed by atoms with Crippen molar-refractivity contribution >= 4 is 40.6 Å². The van der Waals surface area contributed by atoms with E-state index < -0.39 is 41.7 Å². The molecule has 2 atom stereocenters. The van der Waals surface area contributed by atoms with Crippen LogP contribution in [0.5, 0.6) is 0 Å². The second-order valence-corrected chi connectivity index (χ2v) is 7.40. The Labute approximate surface area is 196 Å². The number of amides is 3. The van der Waals surface area contributed by atoms with Gasteiger partial charge in [-0.25, -0.2) is 4.79 Å². The number of hydrogen-bond donors (Lipinski definition) is 4. The summed E-state index contributed by atoms with van der Waals surface area (Å²) in [5.74, 6) is -2.89. The van der Waals surface area contributed by atoms with E-state index in [0.29, 0.717) is 5.69 Å². The molecule has 0 saturated carbocycles. The van der Waals surface area contributed by atoms with E-state index in [0.717, 1.165) is 10.9 Å². The van der Waals surface area contributed by atoms with E-state index in [1.165, 1.54) is 6.92 Å². The van der Waals surface area contributed by atoms with Crippen molar-refractivity contribution in [2.75, 3.05) is 19.8 Å². The van der Waals surface area contributed by atoms with Crippen LogP contribution in [0.4, 0.5) is 0 Å². The molecular weight excluding hydrogens is 444 g/mol. The zero-order valence-corrected chi connectivity index (χ0v) is 19.4. The molecule has 0 unspecified atom stereocenters. The number of esters is 2. The first kappa shape index (κ1) is 26.4. The predicted molar refractivity (Wildman–Crippen MR) is 123 cm³/mol. The summed E-state index contributed by atoms with van der Waals surface area (Å²) in [5, 5.41) is 8.28. The Kier molecular flexibility index (Phi) is 10.1. The lowest BCUT2D eigenvalue weighted by Gasteiger charge is -2.20. The lowest BCUT2D eigenvalue weighted by molar-refractivity contribution is -0.149. The highest BCUT2D eigenvalue weighted by atomic mass is 16.5. The van der Waals surface area contributed by atoms with Crippen LogP contribution >= 0.6 is 0 Å². The van der Waals surface area contributed by atoms with E-state index in [2.05, 4.69) is 20.9 Å². The Hall–Kier alpha value is -3.89. The van der Waals surface area contributed by atoms with Crippen molar-refractivity contribution in [3.05, 3.63) is 36.0 Å². The average molecular weight is 475 g/mol. The number of nitrogens with one attached hydrogen (secondary N) is 4. The third-order valence-electron chi connectivity index (χ3n) is 4.78. The van der Waals surface area contributed by atoms with Crippen LogP contribution in [0.15, 0.2) is 30.3 Å². The standard InChI is InChI=1S/C23H30N4O7/c1-4-33-20(29)11-10-17(23(32)34-5-2)27-21(30)14(3)25-19(28)13-24-22(31)18-12-15-8-6-7-9-16(15)26-18/h6-9,12,14,17,26H,4-5,10-11,13H2,1-3H3,(H,24,31)(H,25,28)(H,27,30)/t14-,17+/m0/s1. The fraction of sp³-hybridized carbons (Fsp3) is 0.435. The molecule has 2 aromatic rings. The van der Waals surface area contributed by atoms with Gasteiger partial charge in [0.05, 0.1) is 19.8 Å². The third kappa shape index (κ3) is 7.91. The minimum atomic E-state index is -1.07. The molecule has 1 aromatic heterocycles. The van der Waals surface area contributed by atoms with Gasteiger partial charge in [0.1, 0.15) is 17.8 Å². The van der Waals surface area contributed by atoms with Crippen molar-refractivity contribution in [3.63, 3.8) is 0 Å². The zero-order valence-electron chi connectivity index (χ0n) is 19.4. The lowest BCUT2D eigenvalue weighted by Crippen LogP contribution is -2.52. The van der Waals surface area contributed by atoms with Gasteiger partial charge in [-0.2, -0.15) is 0 Å². The first-order valence-electron chi connectivity index (χ1n) is 11.0. The Balaban J connectivity index is 1.85. The van der Waals surface area contributed by atoms with Gasteiger partial charge in [0.15, 0.2) is 0 Å². The van der Waals surface area contributed by atoms with Crippen molar-refractivity contribution < 1.29 is 33.4 Å². The highest BCUT2D eigenvalue weighted by molar-refractivity contribution is 5.99. The molecule has 1 heterocycles. The highest BCUT2D eigenvalue weighted by Crippen LogP contribution is 2.14. The normalized spacial score (nSPS) is 12.3. The Morgan fingerprint density at radius 2 is 1.71 bits per heavy atom. The number of aromatic amines is 1. The maximum Gasteiger partial charge on any atom is 0.328 e. The maximum atomic E-state index is 12.5. The molecular formula is C23H30N4O7. The van der Waals surface area contributed by atoms with Crippen LogP contribution in [0.1, 0.15) is 44.1 Å². The van der Waals surface area contributed by atoms with Gasteiger partial charge in [-0.15, -0.1) is 0 Å². The first-order chi connectivity index (χ1) is 16.2. The van der Waals surface area contributed by atoms with E-state index in [9.17, 15) is 24.0 Å². The van der Waals surface area contributed by atoms with Crippen LogP contribution in [0.25, 0.3) is 10.9 Å². The average Bonchev–Trinajstić information content (AvgIpc) is 3.24. The smallest absolute Gasteiger partial charge is 0.328 e. The van der Waals surface area contributed by atoms with E-state index in [1.807, 2.05) is 24.3 Å². The summed E-state index contributed by atoms with van der Waals surface area (Å²) < 4.78 is 9.78. The molecule has 34 heavy (non-hydrogen) atoms. The fourth-order valence-corrected chi connectivity index (χ4v) is 3.09. The predicted octanol–water partition coefficient (Wildman–Crippen LogP) is 0.794. The van der Waals surface area contributed by atoms with Crippen LogP contribution in [-0.4, -0.2) is 66.5 Å². The summed E-state index contributed by atoms with van der Waals surface area (Å²) >= 11 is 0. The molecule has 2 rings (SSSR count). The van der Waals surface area contributed by atoms with Crippen molar-refractivity contribution in [2.24, 2.45) is 0 Å². The number of hydrogen-bond acceptors (Lipinski definition) is 7. The second kappa shape index (κ2) is 13.0. The number of benzene rings is 1. The molecule has 0 fully saturated rings. The maximum absolute atomic E-state index is 12.5. The third-order valence-corrected chi connectivity index (χ3v) is 4.78. The summed E-state index contributed by atoms with van der Waals surface area (Å²) in [4.78, 5) is 63.7. The van der Waals surface area contributed by atoms with E-state index in [4.69, 9.17) is 9.47 Å². The summed E-state index contributed by atoms with van der Waals surface area (Å²) in [5.41, 5.74) is 1.10. The van der Waals surface area contributed by atoms with Crippen molar-refractivity contribution in [2.45, 2.75) is 45.7 Å². The minimum Gasteiger partial charge on any atom is -0.466 e. The van der Waals surface area contributed by atoms with Crippen LogP contribution in [0.3, 0.4) is 0 Å². The molecule has 0 bridgehead atoms. The van der Waals surface area contributed by atoms with E-state index in [-0.39, 0.29) is 32.6 Å². The number of carbonyl (C=O) groups is 5.